The summed E-state index contributed by atoms with van der Waals surface area (Å²) in [6.07, 6.45) is 1.88. The summed E-state index contributed by atoms with van der Waals surface area (Å²) in [6.45, 7) is 1.88. The Kier molecular flexibility index (Phi) is 2.77. The maximum atomic E-state index is 9.43. The second-order valence-corrected chi connectivity index (χ2v) is 4.82. The average Bonchev–Trinajstić information content (AvgIpc) is 2.92. The number of aryl methyl sites for hydroxylation is 1. The fourth-order valence-corrected chi connectivity index (χ4v) is 2.54. The minimum Gasteiger partial charge on any atom is -0.437 e. The van der Waals surface area contributed by atoms with Crippen molar-refractivity contribution in [2.24, 2.45) is 0 Å². The lowest BCUT2D eigenvalue weighted by Crippen LogP contribution is -1.94. The Hall–Kier alpha value is -1.85. The van der Waals surface area contributed by atoms with Crippen LogP contribution in [0.1, 0.15) is 11.3 Å². The molecule has 4 nitrogen and oxygen atoms in total. The van der Waals surface area contributed by atoms with Gasteiger partial charge in [-0.25, -0.2) is 0 Å². The van der Waals surface area contributed by atoms with Crippen molar-refractivity contribution in [3.8, 4) is 11.6 Å². The van der Waals surface area contributed by atoms with Gasteiger partial charge in [-0.1, -0.05) is 18.2 Å². The molecular formula is C13H12N2O2S. The van der Waals surface area contributed by atoms with Gasteiger partial charge in [-0.05, 0) is 18.6 Å². The first-order valence-electron chi connectivity index (χ1n) is 5.58. The average molecular weight is 260 g/mol. The van der Waals surface area contributed by atoms with Gasteiger partial charge in [-0.15, -0.1) is 11.3 Å². The lowest BCUT2D eigenvalue weighted by molar-refractivity contribution is 0.269. The predicted molar refractivity (Wildman–Crippen MR) is 70.2 cm³/mol. The number of nitrogens with zero attached hydrogens (tertiary/aromatic N) is 2. The Balaban J connectivity index is 2.04. The molecule has 5 heteroatoms. The standard InChI is InChI=1S/C13H12N2O2S/c1-9-4-2-3-5-11(9)17-12-10(8-16)15-6-7-18-13(15)14-12/h2-7,16H,8H2,1H3. The number of hydrogen-bond acceptors (Lipinski definition) is 4. The van der Waals surface area contributed by atoms with Crippen molar-refractivity contribution in [2.45, 2.75) is 13.5 Å². The molecule has 0 aliphatic carbocycles. The zero-order valence-corrected chi connectivity index (χ0v) is 10.6. The molecule has 0 amide bonds. The maximum absolute atomic E-state index is 9.43. The molecule has 0 unspecified atom stereocenters. The SMILES string of the molecule is Cc1ccccc1Oc1nc2sccn2c1CO. The molecule has 0 fully saturated rings. The monoisotopic (exact) mass is 260 g/mol. The molecule has 3 aromatic rings. The molecule has 0 aliphatic rings. The van der Waals surface area contributed by atoms with E-state index >= 15 is 0 Å². The van der Waals surface area contributed by atoms with Crippen LogP contribution in [0.5, 0.6) is 11.6 Å². The second kappa shape index (κ2) is 4.44. The Morgan fingerprint density at radius 2 is 2.22 bits per heavy atom. The topological polar surface area (TPSA) is 46.8 Å². The van der Waals surface area contributed by atoms with E-state index in [9.17, 15) is 5.11 Å². The van der Waals surface area contributed by atoms with E-state index in [2.05, 4.69) is 4.98 Å². The van der Waals surface area contributed by atoms with E-state index in [0.717, 1.165) is 16.3 Å². The molecular weight excluding hydrogens is 248 g/mol. The number of imidazole rings is 1. The highest BCUT2D eigenvalue weighted by Crippen LogP contribution is 2.29. The van der Waals surface area contributed by atoms with Crippen molar-refractivity contribution in [3.05, 3.63) is 47.1 Å². The van der Waals surface area contributed by atoms with Crippen molar-refractivity contribution >= 4 is 16.3 Å². The van der Waals surface area contributed by atoms with Crippen LogP contribution in [0.2, 0.25) is 0 Å². The van der Waals surface area contributed by atoms with E-state index in [0.29, 0.717) is 11.6 Å². The van der Waals surface area contributed by atoms with E-state index in [1.165, 1.54) is 11.3 Å². The largest absolute Gasteiger partial charge is 0.437 e. The summed E-state index contributed by atoms with van der Waals surface area (Å²) >= 11 is 1.51. The molecule has 2 heterocycles. The van der Waals surface area contributed by atoms with Crippen LogP contribution in [0.3, 0.4) is 0 Å². The highest BCUT2D eigenvalue weighted by atomic mass is 32.1. The summed E-state index contributed by atoms with van der Waals surface area (Å²) in [6, 6.07) is 7.75. The molecule has 3 rings (SSSR count). The molecule has 0 atom stereocenters. The third kappa shape index (κ3) is 1.77. The third-order valence-electron chi connectivity index (χ3n) is 2.77. The zero-order valence-electron chi connectivity index (χ0n) is 9.83. The van der Waals surface area contributed by atoms with Crippen molar-refractivity contribution < 1.29 is 9.84 Å². The van der Waals surface area contributed by atoms with Gasteiger partial charge in [-0.3, -0.25) is 4.40 Å². The van der Waals surface area contributed by atoms with Crippen LogP contribution < -0.4 is 4.74 Å². The normalized spacial score (nSPS) is 11.0. The van der Waals surface area contributed by atoms with Crippen molar-refractivity contribution in [1.29, 1.82) is 0 Å². The molecule has 0 spiro atoms. The van der Waals surface area contributed by atoms with Gasteiger partial charge in [0.15, 0.2) is 4.96 Å². The number of rotatable bonds is 3. The van der Waals surface area contributed by atoms with Crippen LogP contribution in [-0.4, -0.2) is 14.5 Å². The highest BCUT2D eigenvalue weighted by Gasteiger charge is 2.14. The molecule has 18 heavy (non-hydrogen) atoms. The van der Waals surface area contributed by atoms with Crippen molar-refractivity contribution in [2.75, 3.05) is 0 Å². The number of fused-ring (bicyclic) bond motifs is 1. The number of para-hydroxylation sites is 1. The fourth-order valence-electron chi connectivity index (χ4n) is 1.81. The second-order valence-electron chi connectivity index (χ2n) is 3.94. The van der Waals surface area contributed by atoms with Crippen LogP contribution in [0.15, 0.2) is 35.8 Å². The van der Waals surface area contributed by atoms with Gasteiger partial charge in [0.05, 0.1) is 6.61 Å². The van der Waals surface area contributed by atoms with E-state index in [1.54, 1.807) is 0 Å². The molecule has 0 aliphatic heterocycles. The number of benzene rings is 1. The predicted octanol–water partition coefficient (Wildman–Crippen LogP) is 2.99. The van der Waals surface area contributed by atoms with Crippen LogP contribution in [0.4, 0.5) is 0 Å². The van der Waals surface area contributed by atoms with E-state index < -0.39 is 0 Å². The van der Waals surface area contributed by atoms with Gasteiger partial charge >= 0.3 is 0 Å². The molecule has 0 bridgehead atoms. The van der Waals surface area contributed by atoms with Gasteiger partial charge < -0.3 is 9.84 Å². The summed E-state index contributed by atoms with van der Waals surface area (Å²) in [7, 11) is 0. The van der Waals surface area contributed by atoms with E-state index in [4.69, 9.17) is 4.74 Å². The van der Waals surface area contributed by atoms with Gasteiger partial charge in [0.1, 0.15) is 11.4 Å². The molecule has 0 saturated carbocycles. The lowest BCUT2D eigenvalue weighted by atomic mass is 10.2. The first-order valence-corrected chi connectivity index (χ1v) is 6.46. The smallest absolute Gasteiger partial charge is 0.244 e. The Bertz CT molecular complexity index is 687. The lowest BCUT2D eigenvalue weighted by Gasteiger charge is -2.06. The molecule has 92 valence electrons. The first-order chi connectivity index (χ1) is 8.79. The summed E-state index contributed by atoms with van der Waals surface area (Å²) in [4.78, 5) is 5.20. The number of hydrogen-bond donors (Lipinski definition) is 1. The highest BCUT2D eigenvalue weighted by molar-refractivity contribution is 7.15. The molecule has 2 aromatic heterocycles. The van der Waals surface area contributed by atoms with E-state index in [-0.39, 0.29) is 6.61 Å². The van der Waals surface area contributed by atoms with Gasteiger partial charge in [0, 0.05) is 11.6 Å². The van der Waals surface area contributed by atoms with Crippen LogP contribution in [-0.2, 0) is 6.61 Å². The van der Waals surface area contributed by atoms with Crippen LogP contribution >= 0.6 is 11.3 Å². The minimum absolute atomic E-state index is 0.0981. The van der Waals surface area contributed by atoms with Crippen molar-refractivity contribution in [1.82, 2.24) is 9.38 Å². The summed E-state index contributed by atoms with van der Waals surface area (Å²) in [5, 5.41) is 11.4. The summed E-state index contributed by atoms with van der Waals surface area (Å²) in [5.41, 5.74) is 1.72. The third-order valence-corrected chi connectivity index (χ3v) is 3.53. The fraction of sp³-hybridized carbons (Fsp3) is 0.154. The molecule has 1 N–H and O–H groups in total. The Morgan fingerprint density at radius 3 is 3.00 bits per heavy atom. The van der Waals surface area contributed by atoms with Crippen LogP contribution in [0.25, 0.3) is 4.96 Å². The Morgan fingerprint density at radius 1 is 1.39 bits per heavy atom. The van der Waals surface area contributed by atoms with Gasteiger partial charge in [0.25, 0.3) is 0 Å². The quantitative estimate of drug-likeness (QED) is 0.787. The van der Waals surface area contributed by atoms with Gasteiger partial charge in [-0.2, -0.15) is 4.98 Å². The van der Waals surface area contributed by atoms with Crippen LogP contribution in [0, 0.1) is 6.92 Å². The zero-order chi connectivity index (χ0) is 12.5. The molecule has 1 aromatic carbocycles. The first kappa shape index (κ1) is 11.3. The summed E-state index contributed by atoms with van der Waals surface area (Å²) in [5.74, 6) is 1.23. The number of aliphatic hydroxyl groups excluding tert-OH is 1. The molecule has 0 saturated heterocycles. The minimum atomic E-state index is -0.0981. The summed E-state index contributed by atoms with van der Waals surface area (Å²) < 4.78 is 7.63. The van der Waals surface area contributed by atoms with Crippen molar-refractivity contribution in [3.63, 3.8) is 0 Å². The van der Waals surface area contributed by atoms with Gasteiger partial charge in [0.2, 0.25) is 5.88 Å². The van der Waals surface area contributed by atoms with E-state index in [1.807, 2.05) is 47.2 Å². The number of aromatic nitrogens is 2. The number of aliphatic hydroxyl groups is 1. The number of ether oxygens (including phenoxy) is 1. The molecule has 0 radical (unpaired) electrons. The Labute approximate surface area is 108 Å². The number of thiazole rings is 1. The maximum Gasteiger partial charge on any atom is 0.244 e.